The number of para-hydroxylation sites is 1. The smallest absolute Gasteiger partial charge is 0.408 e. The first-order chi connectivity index (χ1) is 16.2. The lowest BCUT2D eigenvalue weighted by atomic mass is 10.0. The molecule has 2 aromatic carbocycles. The number of aryl methyl sites for hydroxylation is 1. The van der Waals surface area contributed by atoms with Gasteiger partial charge in [-0.1, -0.05) is 30.3 Å². The van der Waals surface area contributed by atoms with Crippen LogP contribution in [-0.4, -0.2) is 43.4 Å². The molecule has 4 aromatic rings. The molecule has 9 heteroatoms. The van der Waals surface area contributed by atoms with Gasteiger partial charge in [0, 0.05) is 41.8 Å². The summed E-state index contributed by atoms with van der Waals surface area (Å²) in [5.74, 6) is 0.240. The largest absolute Gasteiger partial charge is 0.444 e. The Morgan fingerprint density at radius 3 is 2.68 bits per heavy atom. The Morgan fingerprint density at radius 2 is 1.94 bits per heavy atom. The molecule has 0 saturated heterocycles. The van der Waals surface area contributed by atoms with E-state index < -0.39 is 17.7 Å². The van der Waals surface area contributed by atoms with Crippen LogP contribution in [0.4, 0.5) is 10.5 Å². The number of rotatable bonds is 6. The minimum Gasteiger partial charge on any atom is -0.444 e. The van der Waals surface area contributed by atoms with E-state index in [9.17, 15) is 9.59 Å². The predicted molar refractivity (Wildman–Crippen MR) is 130 cm³/mol. The molecule has 2 amide bonds. The van der Waals surface area contributed by atoms with Gasteiger partial charge in [-0.05, 0) is 44.5 Å². The average Bonchev–Trinajstić information content (AvgIpc) is 3.41. The summed E-state index contributed by atoms with van der Waals surface area (Å²) in [6.45, 7) is 5.34. The van der Waals surface area contributed by atoms with Gasteiger partial charge in [-0.3, -0.25) is 9.89 Å². The number of carbonyl (C=O) groups excluding carboxylic acids is 2. The molecule has 0 spiro atoms. The summed E-state index contributed by atoms with van der Waals surface area (Å²) in [6, 6.07) is 14.3. The number of hydrogen-bond acceptors (Lipinski definition) is 5. The van der Waals surface area contributed by atoms with Gasteiger partial charge in [0.05, 0.1) is 0 Å². The lowest BCUT2D eigenvalue weighted by molar-refractivity contribution is -0.118. The van der Waals surface area contributed by atoms with Gasteiger partial charge in [-0.2, -0.15) is 5.10 Å². The van der Waals surface area contributed by atoms with E-state index in [-0.39, 0.29) is 5.91 Å². The number of carbonyl (C=O) groups is 2. The van der Waals surface area contributed by atoms with Crippen molar-refractivity contribution < 1.29 is 14.3 Å². The van der Waals surface area contributed by atoms with Crippen molar-refractivity contribution in [3.05, 3.63) is 66.6 Å². The minimum absolute atomic E-state index is 0.300. The van der Waals surface area contributed by atoms with Gasteiger partial charge in [0.25, 0.3) is 0 Å². The Hall–Kier alpha value is -4.14. The number of aromatic amines is 1. The lowest BCUT2D eigenvalue weighted by Crippen LogP contribution is -2.47. The average molecular weight is 461 g/mol. The topological polar surface area (TPSA) is 114 Å². The third-order valence-electron chi connectivity index (χ3n) is 5.23. The zero-order chi connectivity index (χ0) is 24.3. The monoisotopic (exact) mass is 460 g/mol. The van der Waals surface area contributed by atoms with Crippen molar-refractivity contribution in [2.75, 3.05) is 5.32 Å². The fourth-order valence-corrected chi connectivity index (χ4v) is 3.79. The Labute approximate surface area is 197 Å². The number of H-pyrrole nitrogens is 1. The quantitative estimate of drug-likeness (QED) is 0.402. The minimum atomic E-state index is -0.852. The van der Waals surface area contributed by atoms with Gasteiger partial charge in [-0.15, -0.1) is 0 Å². The second kappa shape index (κ2) is 9.38. The number of alkyl carbamates (subject to hydrolysis) is 1. The summed E-state index contributed by atoms with van der Waals surface area (Å²) in [7, 11) is 1.96. The predicted octanol–water partition coefficient (Wildman–Crippen LogP) is 4.04. The number of nitrogens with one attached hydrogen (secondary N) is 3. The molecule has 0 aliphatic rings. The molecule has 0 unspecified atom stereocenters. The van der Waals surface area contributed by atoms with E-state index in [0.717, 1.165) is 22.0 Å². The summed E-state index contributed by atoms with van der Waals surface area (Å²) in [6.07, 6.45) is 3.05. The van der Waals surface area contributed by atoms with E-state index in [1.165, 1.54) is 6.33 Å². The molecule has 0 radical (unpaired) electrons. The Balaban J connectivity index is 1.59. The molecule has 0 saturated carbocycles. The molecule has 4 rings (SSSR count). The Kier molecular flexibility index (Phi) is 6.36. The number of benzene rings is 2. The van der Waals surface area contributed by atoms with Crippen LogP contribution in [0, 0.1) is 0 Å². The van der Waals surface area contributed by atoms with Gasteiger partial charge in [-0.25, -0.2) is 9.78 Å². The molecule has 0 bridgehead atoms. The molecule has 0 aliphatic carbocycles. The van der Waals surface area contributed by atoms with Crippen molar-refractivity contribution >= 4 is 28.6 Å². The SMILES string of the molecule is Cn1cc(C[C@@H](NC(=O)OC(C)(C)C)C(=O)Nc2cccc(-c3ncn[nH]3)c2)c2ccccc21. The molecule has 176 valence electrons. The maximum atomic E-state index is 13.3. The van der Waals surface area contributed by atoms with Gasteiger partial charge in [0.15, 0.2) is 5.82 Å². The van der Waals surface area contributed by atoms with Crippen LogP contribution in [0.25, 0.3) is 22.3 Å². The highest BCUT2D eigenvalue weighted by Gasteiger charge is 2.26. The van der Waals surface area contributed by atoms with E-state index in [2.05, 4.69) is 25.8 Å². The van der Waals surface area contributed by atoms with Crippen LogP contribution in [0.15, 0.2) is 61.1 Å². The first kappa shape index (κ1) is 23.0. The van der Waals surface area contributed by atoms with Gasteiger partial charge in [0.2, 0.25) is 5.91 Å². The lowest BCUT2D eigenvalue weighted by Gasteiger charge is -2.23. The van der Waals surface area contributed by atoms with Crippen molar-refractivity contribution in [2.24, 2.45) is 7.05 Å². The van der Waals surface area contributed by atoms with Crippen molar-refractivity contribution in [3.63, 3.8) is 0 Å². The number of fused-ring (bicyclic) bond motifs is 1. The van der Waals surface area contributed by atoms with Gasteiger partial charge < -0.3 is 19.9 Å². The highest BCUT2D eigenvalue weighted by Crippen LogP contribution is 2.23. The summed E-state index contributed by atoms with van der Waals surface area (Å²) in [4.78, 5) is 30.0. The number of nitrogens with zero attached hydrogens (tertiary/aromatic N) is 3. The van der Waals surface area contributed by atoms with Crippen LogP contribution in [-0.2, 0) is 23.0 Å². The maximum absolute atomic E-state index is 13.3. The van der Waals surface area contributed by atoms with E-state index in [0.29, 0.717) is 17.9 Å². The van der Waals surface area contributed by atoms with Crippen LogP contribution in [0.2, 0.25) is 0 Å². The fraction of sp³-hybridized carbons (Fsp3) is 0.280. The van der Waals surface area contributed by atoms with Crippen LogP contribution < -0.4 is 10.6 Å². The first-order valence-electron chi connectivity index (χ1n) is 11.0. The standard InChI is InChI=1S/C25H28N6O3/c1-25(2,3)34-24(33)29-20(13-17-14-31(4)21-11-6-5-10-19(17)21)23(32)28-18-9-7-8-16(12-18)22-26-15-27-30-22/h5-12,14-15,20H,13H2,1-4H3,(H,28,32)(H,29,33)(H,26,27,30)/t20-/m1/s1. The summed E-state index contributed by atoms with van der Waals surface area (Å²) < 4.78 is 7.42. The number of ether oxygens (including phenoxy) is 1. The third-order valence-corrected chi connectivity index (χ3v) is 5.23. The Morgan fingerprint density at radius 1 is 1.15 bits per heavy atom. The fourth-order valence-electron chi connectivity index (χ4n) is 3.79. The number of amides is 2. The van der Waals surface area contributed by atoms with Crippen molar-refractivity contribution in [1.82, 2.24) is 25.1 Å². The molecule has 0 fully saturated rings. The summed E-state index contributed by atoms with van der Waals surface area (Å²) >= 11 is 0. The van der Waals surface area contributed by atoms with E-state index in [1.807, 2.05) is 54.2 Å². The molecule has 3 N–H and O–H groups in total. The highest BCUT2D eigenvalue weighted by molar-refractivity contribution is 5.97. The zero-order valence-electron chi connectivity index (χ0n) is 19.6. The second-order valence-electron chi connectivity index (χ2n) is 9.09. The van der Waals surface area contributed by atoms with Crippen molar-refractivity contribution in [2.45, 2.75) is 38.8 Å². The number of hydrogen-bond donors (Lipinski definition) is 3. The zero-order valence-corrected chi connectivity index (χ0v) is 19.6. The number of aromatic nitrogens is 4. The molecule has 2 aromatic heterocycles. The third kappa shape index (κ3) is 5.43. The van der Waals surface area contributed by atoms with Crippen LogP contribution >= 0.6 is 0 Å². The second-order valence-corrected chi connectivity index (χ2v) is 9.09. The molecule has 34 heavy (non-hydrogen) atoms. The van der Waals surface area contributed by atoms with Crippen LogP contribution in [0.3, 0.4) is 0 Å². The van der Waals surface area contributed by atoms with E-state index >= 15 is 0 Å². The molecule has 0 aliphatic heterocycles. The molecular formula is C25H28N6O3. The van der Waals surface area contributed by atoms with Crippen molar-refractivity contribution in [3.8, 4) is 11.4 Å². The van der Waals surface area contributed by atoms with Gasteiger partial charge >= 0.3 is 6.09 Å². The van der Waals surface area contributed by atoms with E-state index in [1.54, 1.807) is 32.9 Å². The number of anilines is 1. The first-order valence-corrected chi connectivity index (χ1v) is 11.0. The molecule has 1 atom stereocenters. The normalized spacial score (nSPS) is 12.4. The molecular weight excluding hydrogens is 432 g/mol. The van der Waals surface area contributed by atoms with Gasteiger partial charge in [0.1, 0.15) is 18.0 Å². The maximum Gasteiger partial charge on any atom is 0.408 e. The van der Waals surface area contributed by atoms with Crippen LogP contribution in [0.5, 0.6) is 0 Å². The molecule has 9 nitrogen and oxygen atoms in total. The van der Waals surface area contributed by atoms with Crippen molar-refractivity contribution in [1.29, 1.82) is 0 Å². The van der Waals surface area contributed by atoms with Crippen LogP contribution in [0.1, 0.15) is 26.3 Å². The summed E-state index contributed by atoms with van der Waals surface area (Å²) in [5, 5.41) is 13.4. The highest BCUT2D eigenvalue weighted by atomic mass is 16.6. The molecule has 2 heterocycles. The van der Waals surface area contributed by atoms with E-state index in [4.69, 9.17) is 4.74 Å². The summed E-state index contributed by atoms with van der Waals surface area (Å²) in [5.41, 5.74) is 2.67. The Bertz CT molecular complexity index is 1300.